The molecule has 0 bridgehead atoms. The minimum absolute atomic E-state index is 0.111. The number of nitrogens with zero attached hydrogens (tertiary/aromatic N) is 5. The van der Waals surface area contributed by atoms with Gasteiger partial charge in [-0.2, -0.15) is 5.10 Å². The Morgan fingerprint density at radius 3 is 2.84 bits per heavy atom. The van der Waals surface area contributed by atoms with Gasteiger partial charge >= 0.3 is 0 Å². The Morgan fingerprint density at radius 2 is 2.11 bits per heavy atom. The lowest BCUT2D eigenvalue weighted by atomic mass is 10.4. The zero-order valence-corrected chi connectivity index (χ0v) is 10.9. The monoisotopic (exact) mass is 275 g/mol. The highest BCUT2D eigenvalue weighted by atomic mass is 35.5. The van der Waals surface area contributed by atoms with E-state index in [9.17, 15) is 4.79 Å². The van der Waals surface area contributed by atoms with Gasteiger partial charge in [-0.15, -0.1) is 0 Å². The Morgan fingerprint density at radius 1 is 1.26 bits per heavy atom. The van der Waals surface area contributed by atoms with Gasteiger partial charge in [-0.3, -0.25) is 9.78 Å². The fourth-order valence-corrected chi connectivity index (χ4v) is 1.97. The minimum atomic E-state index is -0.111. The lowest BCUT2D eigenvalue weighted by Crippen LogP contribution is -2.22. The van der Waals surface area contributed by atoms with Crippen molar-refractivity contribution in [3.05, 3.63) is 57.7 Å². The molecular formula is C12H10ClN5O. The molecule has 0 N–H and O–H groups in total. The van der Waals surface area contributed by atoms with Crippen LogP contribution in [0.1, 0.15) is 11.4 Å². The first-order valence-electron chi connectivity index (χ1n) is 5.65. The number of rotatable bonds is 2. The Kier molecular flexibility index (Phi) is 2.79. The summed E-state index contributed by atoms with van der Waals surface area (Å²) in [6, 6.07) is 1.76. The first kappa shape index (κ1) is 11.9. The van der Waals surface area contributed by atoms with Crippen molar-refractivity contribution in [3.63, 3.8) is 0 Å². The number of hydrogen-bond acceptors (Lipinski definition) is 4. The highest BCUT2D eigenvalue weighted by Gasteiger charge is 2.06. The van der Waals surface area contributed by atoms with E-state index in [0.29, 0.717) is 22.9 Å². The summed E-state index contributed by atoms with van der Waals surface area (Å²) in [4.78, 5) is 20.3. The normalized spacial score (nSPS) is 11.1. The van der Waals surface area contributed by atoms with E-state index < -0.39 is 0 Å². The third kappa shape index (κ3) is 2.22. The second-order valence-electron chi connectivity index (χ2n) is 4.18. The maximum Gasteiger partial charge on any atom is 0.276 e. The first-order chi connectivity index (χ1) is 9.13. The maximum atomic E-state index is 12.2. The number of fused-ring (bicyclic) bond motifs is 1. The quantitative estimate of drug-likeness (QED) is 0.707. The molecule has 19 heavy (non-hydrogen) atoms. The van der Waals surface area contributed by atoms with Crippen LogP contribution in [-0.2, 0) is 6.54 Å². The fraction of sp³-hybridized carbons (Fsp3) is 0.167. The first-order valence-corrected chi connectivity index (χ1v) is 6.03. The lowest BCUT2D eigenvalue weighted by molar-refractivity contribution is 0.721. The second kappa shape index (κ2) is 4.47. The molecule has 0 aliphatic rings. The van der Waals surface area contributed by atoms with Crippen LogP contribution in [0, 0.1) is 6.92 Å². The molecule has 3 rings (SSSR count). The average Bonchev–Trinajstić information content (AvgIpc) is 2.77. The molecule has 3 heterocycles. The van der Waals surface area contributed by atoms with E-state index >= 15 is 0 Å². The van der Waals surface area contributed by atoms with Gasteiger partial charge in [0.1, 0.15) is 10.7 Å². The van der Waals surface area contributed by atoms with Gasteiger partial charge in [-0.25, -0.2) is 9.50 Å². The van der Waals surface area contributed by atoms with Crippen molar-refractivity contribution in [3.8, 4) is 0 Å². The second-order valence-corrected chi connectivity index (χ2v) is 4.56. The predicted octanol–water partition coefficient (Wildman–Crippen LogP) is 1.30. The van der Waals surface area contributed by atoms with Gasteiger partial charge in [0.25, 0.3) is 5.56 Å². The summed E-state index contributed by atoms with van der Waals surface area (Å²) in [6.07, 6.45) is 6.44. The van der Waals surface area contributed by atoms with E-state index in [4.69, 9.17) is 11.6 Å². The van der Waals surface area contributed by atoms with E-state index in [1.807, 2.05) is 6.92 Å². The molecule has 3 aromatic rings. The summed E-state index contributed by atoms with van der Waals surface area (Å²) >= 11 is 5.67. The van der Waals surface area contributed by atoms with Crippen molar-refractivity contribution < 1.29 is 0 Å². The maximum absolute atomic E-state index is 12.2. The summed E-state index contributed by atoms with van der Waals surface area (Å²) in [5.41, 5.74) is 1.91. The molecule has 6 nitrogen and oxygen atoms in total. The SMILES string of the molecule is Cc1cc2c(=O)n(Cc3cnc(Cl)cn3)ccn2n1. The molecule has 96 valence electrons. The molecule has 0 radical (unpaired) electrons. The minimum Gasteiger partial charge on any atom is -0.306 e. The largest absolute Gasteiger partial charge is 0.306 e. The van der Waals surface area contributed by atoms with Crippen LogP contribution in [0.25, 0.3) is 5.52 Å². The third-order valence-corrected chi connectivity index (χ3v) is 2.93. The molecule has 0 saturated heterocycles. The summed E-state index contributed by atoms with van der Waals surface area (Å²) < 4.78 is 3.13. The van der Waals surface area contributed by atoms with Crippen LogP contribution in [0.15, 0.2) is 35.6 Å². The van der Waals surface area contributed by atoms with Crippen LogP contribution in [0.5, 0.6) is 0 Å². The van der Waals surface area contributed by atoms with Crippen molar-refractivity contribution in [1.82, 2.24) is 24.1 Å². The average molecular weight is 276 g/mol. The van der Waals surface area contributed by atoms with Gasteiger partial charge in [0.05, 0.1) is 30.3 Å². The highest BCUT2D eigenvalue weighted by molar-refractivity contribution is 6.29. The zero-order chi connectivity index (χ0) is 13.4. The number of aryl methyl sites for hydroxylation is 1. The molecule has 0 atom stereocenters. The van der Waals surface area contributed by atoms with Crippen LogP contribution in [0.3, 0.4) is 0 Å². The Hall–Kier alpha value is -2.21. The summed E-state index contributed by atoms with van der Waals surface area (Å²) in [7, 11) is 0. The molecule has 0 fully saturated rings. The van der Waals surface area contributed by atoms with Gasteiger partial charge in [0, 0.05) is 12.4 Å². The van der Waals surface area contributed by atoms with Crippen LogP contribution in [-0.4, -0.2) is 24.1 Å². The van der Waals surface area contributed by atoms with Crippen LogP contribution < -0.4 is 5.56 Å². The molecule has 0 amide bonds. The van der Waals surface area contributed by atoms with Crippen LogP contribution >= 0.6 is 11.6 Å². The lowest BCUT2D eigenvalue weighted by Gasteiger charge is -2.05. The summed E-state index contributed by atoms with van der Waals surface area (Å²) in [5.74, 6) is 0. The fourth-order valence-electron chi connectivity index (χ4n) is 1.87. The Bertz CT molecular complexity index is 790. The molecule has 0 saturated carbocycles. The van der Waals surface area contributed by atoms with E-state index in [0.717, 1.165) is 5.69 Å². The standard InChI is InChI=1S/C12H10ClN5O/c1-8-4-10-12(19)17(2-3-18(10)16-8)7-9-5-15-11(13)6-14-9/h2-6H,7H2,1H3. The van der Waals surface area contributed by atoms with Crippen LogP contribution in [0.2, 0.25) is 5.15 Å². The number of halogens is 1. The van der Waals surface area contributed by atoms with Crippen LogP contribution in [0.4, 0.5) is 0 Å². The van der Waals surface area contributed by atoms with E-state index in [1.54, 1.807) is 33.7 Å². The van der Waals surface area contributed by atoms with E-state index in [2.05, 4.69) is 15.1 Å². The molecule has 0 aromatic carbocycles. The van der Waals surface area contributed by atoms with Gasteiger partial charge in [-0.05, 0) is 13.0 Å². The number of aromatic nitrogens is 5. The van der Waals surface area contributed by atoms with Gasteiger partial charge < -0.3 is 4.57 Å². The summed E-state index contributed by atoms with van der Waals surface area (Å²) in [6.45, 7) is 2.20. The molecule has 0 aliphatic heterocycles. The molecule has 7 heteroatoms. The Labute approximate surface area is 113 Å². The van der Waals surface area contributed by atoms with Crippen molar-refractivity contribution in [1.29, 1.82) is 0 Å². The van der Waals surface area contributed by atoms with Gasteiger partial charge in [0.2, 0.25) is 0 Å². The van der Waals surface area contributed by atoms with Crippen molar-refractivity contribution in [2.45, 2.75) is 13.5 Å². The zero-order valence-electron chi connectivity index (χ0n) is 10.1. The van der Waals surface area contributed by atoms with E-state index in [1.165, 1.54) is 6.20 Å². The topological polar surface area (TPSA) is 65.1 Å². The molecule has 0 spiro atoms. The predicted molar refractivity (Wildman–Crippen MR) is 70.3 cm³/mol. The van der Waals surface area contributed by atoms with Crippen molar-refractivity contribution >= 4 is 17.1 Å². The van der Waals surface area contributed by atoms with Crippen molar-refractivity contribution in [2.24, 2.45) is 0 Å². The number of hydrogen-bond donors (Lipinski definition) is 0. The smallest absolute Gasteiger partial charge is 0.276 e. The highest BCUT2D eigenvalue weighted by Crippen LogP contribution is 2.04. The van der Waals surface area contributed by atoms with E-state index in [-0.39, 0.29) is 5.56 Å². The summed E-state index contributed by atoms with van der Waals surface area (Å²) in [5, 5.41) is 4.52. The third-order valence-electron chi connectivity index (χ3n) is 2.73. The van der Waals surface area contributed by atoms with Gasteiger partial charge in [-0.1, -0.05) is 11.6 Å². The van der Waals surface area contributed by atoms with Crippen molar-refractivity contribution in [2.75, 3.05) is 0 Å². The molecule has 3 aromatic heterocycles. The molecular weight excluding hydrogens is 266 g/mol. The molecule has 0 unspecified atom stereocenters. The van der Waals surface area contributed by atoms with Gasteiger partial charge in [0.15, 0.2) is 0 Å². The molecule has 0 aliphatic carbocycles. The Balaban J connectivity index is 2.03.